The molecule has 0 unspecified atom stereocenters. The highest BCUT2D eigenvalue weighted by atomic mass is 16.4. The fourth-order valence-corrected chi connectivity index (χ4v) is 3.79. The van der Waals surface area contributed by atoms with Gasteiger partial charge in [0.15, 0.2) is 0 Å². The van der Waals surface area contributed by atoms with Gasteiger partial charge in [0.2, 0.25) is 0 Å². The molecule has 2 aliphatic carbocycles. The fraction of sp³-hybridized carbons (Fsp3) is 0.286. The third-order valence-electron chi connectivity index (χ3n) is 4.91. The molecule has 2 nitrogen and oxygen atoms in total. The molecule has 1 saturated carbocycles. The van der Waals surface area contributed by atoms with E-state index in [9.17, 15) is 4.79 Å². The number of rotatable bonds is 6. The normalized spacial score (nSPS) is 28.9. The van der Waals surface area contributed by atoms with Crippen molar-refractivity contribution >= 4 is 12.0 Å². The first-order chi connectivity index (χ1) is 11.3. The van der Waals surface area contributed by atoms with E-state index in [0.29, 0.717) is 17.8 Å². The summed E-state index contributed by atoms with van der Waals surface area (Å²) in [5.74, 6) is 0.941. The van der Waals surface area contributed by atoms with Gasteiger partial charge >= 0.3 is 5.97 Å². The molecule has 3 rings (SSSR count). The summed E-state index contributed by atoms with van der Waals surface area (Å²) in [6.07, 6.45) is 18.1. The van der Waals surface area contributed by atoms with Crippen molar-refractivity contribution in [2.24, 2.45) is 23.7 Å². The average Bonchev–Trinajstić information content (AvgIpc) is 2.57. The number of hydrogen-bond acceptors (Lipinski definition) is 1. The number of carboxylic acid groups (broad SMARTS) is 1. The van der Waals surface area contributed by atoms with Crippen LogP contribution in [0.3, 0.4) is 0 Å². The van der Waals surface area contributed by atoms with Crippen molar-refractivity contribution in [3.63, 3.8) is 0 Å². The van der Waals surface area contributed by atoms with E-state index >= 15 is 0 Å². The van der Waals surface area contributed by atoms with Crippen LogP contribution in [-0.2, 0) is 4.79 Å². The van der Waals surface area contributed by atoms with Gasteiger partial charge in [-0.15, -0.1) is 0 Å². The first kappa shape index (κ1) is 15.5. The maximum absolute atomic E-state index is 11.1. The van der Waals surface area contributed by atoms with Crippen LogP contribution in [-0.4, -0.2) is 11.1 Å². The molecule has 0 spiro atoms. The third-order valence-corrected chi connectivity index (χ3v) is 4.91. The molecule has 0 aliphatic heterocycles. The molecule has 1 N–H and O–H groups in total. The average molecular weight is 306 g/mol. The Kier molecular flexibility index (Phi) is 4.92. The molecule has 0 aromatic heterocycles. The summed E-state index contributed by atoms with van der Waals surface area (Å²) in [4.78, 5) is 11.1. The van der Waals surface area contributed by atoms with E-state index in [-0.39, 0.29) is 12.3 Å². The summed E-state index contributed by atoms with van der Waals surface area (Å²) in [6, 6.07) is 10.2. The van der Waals surface area contributed by atoms with Crippen molar-refractivity contribution in [1.29, 1.82) is 0 Å². The first-order valence-corrected chi connectivity index (χ1v) is 8.21. The Balaban J connectivity index is 1.56. The topological polar surface area (TPSA) is 37.3 Å². The van der Waals surface area contributed by atoms with Gasteiger partial charge in [-0.25, -0.2) is 0 Å². The van der Waals surface area contributed by atoms with Crippen LogP contribution in [0.2, 0.25) is 0 Å². The molecule has 0 heterocycles. The summed E-state index contributed by atoms with van der Waals surface area (Å²) in [5.41, 5.74) is 1.19. The van der Waals surface area contributed by atoms with Crippen LogP contribution < -0.4 is 0 Å². The van der Waals surface area contributed by atoms with Crippen molar-refractivity contribution < 1.29 is 9.90 Å². The first-order valence-electron chi connectivity index (χ1n) is 8.21. The quantitative estimate of drug-likeness (QED) is 0.772. The number of carboxylic acids is 1. The summed E-state index contributed by atoms with van der Waals surface area (Å²) in [6.45, 7) is 0. The van der Waals surface area contributed by atoms with Crippen LogP contribution in [0.5, 0.6) is 0 Å². The maximum Gasteiger partial charge on any atom is 0.303 e. The van der Waals surface area contributed by atoms with Gasteiger partial charge < -0.3 is 5.11 Å². The van der Waals surface area contributed by atoms with E-state index in [1.807, 2.05) is 30.4 Å². The standard InChI is InChI=1S/C21H22O2/c22-21(23)15-20-18(17-13-7-8-14-19(17)20)12-6-2-5-11-16-9-3-1-4-10-16/h1-11,13-14,17-20H,12,15H2,(H,22,23)/b6-2+,11-5+/t17-,18-,19-,20+/m0/s1. The highest BCUT2D eigenvalue weighted by molar-refractivity contribution is 5.67. The number of fused-ring (bicyclic) bond motifs is 1. The zero-order chi connectivity index (χ0) is 16.1. The number of allylic oxidation sites excluding steroid dienone is 7. The van der Waals surface area contributed by atoms with Crippen molar-refractivity contribution in [1.82, 2.24) is 0 Å². The predicted molar refractivity (Wildman–Crippen MR) is 93.7 cm³/mol. The number of benzene rings is 1. The minimum absolute atomic E-state index is 0.265. The molecule has 0 amide bonds. The maximum atomic E-state index is 11.1. The second-order valence-corrected chi connectivity index (χ2v) is 6.28. The number of carbonyl (C=O) groups is 1. The molecule has 1 aromatic rings. The van der Waals surface area contributed by atoms with Crippen LogP contribution in [0.4, 0.5) is 0 Å². The zero-order valence-corrected chi connectivity index (χ0v) is 13.1. The third kappa shape index (κ3) is 3.70. The van der Waals surface area contributed by atoms with Crippen LogP contribution in [0.15, 0.2) is 72.9 Å². The molecule has 1 aromatic carbocycles. The van der Waals surface area contributed by atoms with Crippen LogP contribution in [0.1, 0.15) is 18.4 Å². The van der Waals surface area contributed by atoms with Crippen LogP contribution in [0.25, 0.3) is 6.08 Å². The Morgan fingerprint density at radius 2 is 1.70 bits per heavy atom. The molecule has 0 radical (unpaired) electrons. The second kappa shape index (κ2) is 7.28. The fourth-order valence-electron chi connectivity index (χ4n) is 3.79. The summed E-state index contributed by atoms with van der Waals surface area (Å²) in [7, 11) is 0. The van der Waals surface area contributed by atoms with Crippen molar-refractivity contribution in [3.8, 4) is 0 Å². The van der Waals surface area contributed by atoms with E-state index < -0.39 is 5.97 Å². The molecular formula is C21H22O2. The Bertz CT molecular complexity index is 652. The molecule has 0 bridgehead atoms. The largest absolute Gasteiger partial charge is 0.481 e. The van der Waals surface area contributed by atoms with E-state index in [2.05, 4.69) is 48.6 Å². The van der Waals surface area contributed by atoms with Gasteiger partial charge in [-0.05, 0) is 35.7 Å². The van der Waals surface area contributed by atoms with E-state index in [0.717, 1.165) is 6.42 Å². The lowest BCUT2D eigenvalue weighted by Gasteiger charge is -2.50. The smallest absolute Gasteiger partial charge is 0.303 e. The molecule has 2 aliphatic rings. The second-order valence-electron chi connectivity index (χ2n) is 6.28. The van der Waals surface area contributed by atoms with Gasteiger partial charge in [0.25, 0.3) is 0 Å². The molecule has 23 heavy (non-hydrogen) atoms. The van der Waals surface area contributed by atoms with Gasteiger partial charge in [-0.1, -0.05) is 78.9 Å². The van der Waals surface area contributed by atoms with E-state index in [1.54, 1.807) is 0 Å². The highest BCUT2D eigenvalue weighted by Crippen LogP contribution is 2.52. The van der Waals surface area contributed by atoms with Crippen molar-refractivity contribution in [3.05, 3.63) is 78.4 Å². The van der Waals surface area contributed by atoms with Gasteiger partial charge in [-0.3, -0.25) is 4.79 Å². The Labute approximate surface area is 137 Å². The lowest BCUT2D eigenvalue weighted by molar-refractivity contribution is -0.141. The van der Waals surface area contributed by atoms with Gasteiger partial charge in [0.1, 0.15) is 0 Å². The Morgan fingerprint density at radius 3 is 2.39 bits per heavy atom. The minimum atomic E-state index is -0.686. The van der Waals surface area contributed by atoms with Crippen LogP contribution >= 0.6 is 0 Å². The lowest BCUT2D eigenvalue weighted by atomic mass is 9.53. The van der Waals surface area contributed by atoms with Gasteiger partial charge in [0, 0.05) is 6.42 Å². The monoisotopic (exact) mass is 306 g/mol. The van der Waals surface area contributed by atoms with Crippen molar-refractivity contribution in [2.45, 2.75) is 12.8 Å². The minimum Gasteiger partial charge on any atom is -0.481 e. The van der Waals surface area contributed by atoms with E-state index in [4.69, 9.17) is 5.11 Å². The number of aliphatic carboxylic acids is 1. The molecule has 4 atom stereocenters. The van der Waals surface area contributed by atoms with Crippen LogP contribution in [0, 0.1) is 23.7 Å². The lowest BCUT2D eigenvalue weighted by Crippen LogP contribution is -2.46. The highest BCUT2D eigenvalue weighted by Gasteiger charge is 2.47. The predicted octanol–water partition coefficient (Wildman–Crippen LogP) is 4.73. The Morgan fingerprint density at radius 1 is 1.00 bits per heavy atom. The van der Waals surface area contributed by atoms with Crippen molar-refractivity contribution in [2.75, 3.05) is 0 Å². The van der Waals surface area contributed by atoms with Gasteiger partial charge in [-0.2, -0.15) is 0 Å². The SMILES string of the molecule is O=C(O)C[C@H]1[C@H]2C=CC=C[C@H]2[C@@H]1C/C=C/C=C/c1ccccc1. The molecule has 118 valence electrons. The zero-order valence-electron chi connectivity index (χ0n) is 13.1. The molecule has 1 fully saturated rings. The summed E-state index contributed by atoms with van der Waals surface area (Å²) < 4.78 is 0. The summed E-state index contributed by atoms with van der Waals surface area (Å²) in [5, 5.41) is 9.12. The molecular weight excluding hydrogens is 284 g/mol. The van der Waals surface area contributed by atoms with E-state index in [1.165, 1.54) is 5.56 Å². The molecule has 0 saturated heterocycles. The summed E-state index contributed by atoms with van der Waals surface area (Å²) >= 11 is 0. The molecule has 2 heteroatoms. The van der Waals surface area contributed by atoms with Gasteiger partial charge in [0.05, 0.1) is 0 Å². The Hall–Kier alpha value is -2.35. The number of hydrogen-bond donors (Lipinski definition) is 1.